The quantitative estimate of drug-likeness (QED) is 0.453. The first-order valence-electron chi connectivity index (χ1n) is 8.47. The highest BCUT2D eigenvalue weighted by Crippen LogP contribution is 2.39. The standard InChI is InChI=1S/C20H18ClNO3S2/c1-3-24-16-10-13(15(21)12-17(16)25-4-2)11-18-19(23)22(20(26)27-18)14-8-6-5-7-9-14/h5-12H,3-4H2,1-2H3. The smallest absolute Gasteiger partial charge is 0.270 e. The molecule has 0 N–H and O–H groups in total. The molecule has 2 aromatic carbocycles. The highest BCUT2D eigenvalue weighted by Gasteiger charge is 2.33. The van der Waals surface area contributed by atoms with Gasteiger partial charge in [0.25, 0.3) is 5.91 Å². The molecule has 1 aliphatic heterocycles. The van der Waals surface area contributed by atoms with Crippen molar-refractivity contribution in [2.45, 2.75) is 13.8 Å². The maximum Gasteiger partial charge on any atom is 0.270 e. The number of para-hydroxylation sites is 1. The second-order valence-corrected chi connectivity index (χ2v) is 7.62. The number of benzene rings is 2. The third kappa shape index (κ3) is 4.29. The number of thiocarbonyl (C=S) groups is 1. The molecule has 1 saturated heterocycles. The first-order valence-corrected chi connectivity index (χ1v) is 10.1. The van der Waals surface area contributed by atoms with Crippen LogP contribution in [-0.4, -0.2) is 23.4 Å². The van der Waals surface area contributed by atoms with E-state index in [1.54, 1.807) is 18.2 Å². The third-order valence-electron chi connectivity index (χ3n) is 3.76. The molecule has 27 heavy (non-hydrogen) atoms. The van der Waals surface area contributed by atoms with E-state index in [2.05, 4.69) is 0 Å². The molecule has 0 spiro atoms. The van der Waals surface area contributed by atoms with Crippen LogP contribution in [0.15, 0.2) is 47.4 Å². The number of halogens is 1. The Bertz CT molecular complexity index is 900. The Morgan fingerprint density at radius 1 is 1.11 bits per heavy atom. The summed E-state index contributed by atoms with van der Waals surface area (Å²) in [6, 6.07) is 12.8. The van der Waals surface area contributed by atoms with Crippen molar-refractivity contribution in [2.75, 3.05) is 18.1 Å². The van der Waals surface area contributed by atoms with Crippen molar-refractivity contribution in [3.63, 3.8) is 0 Å². The van der Waals surface area contributed by atoms with Crippen molar-refractivity contribution in [1.82, 2.24) is 0 Å². The van der Waals surface area contributed by atoms with E-state index in [4.69, 9.17) is 33.3 Å². The van der Waals surface area contributed by atoms with Gasteiger partial charge in [0.2, 0.25) is 0 Å². The molecule has 3 rings (SSSR count). The summed E-state index contributed by atoms with van der Waals surface area (Å²) in [5.41, 5.74) is 1.42. The number of hydrogen-bond acceptors (Lipinski definition) is 5. The van der Waals surface area contributed by atoms with Gasteiger partial charge in [-0.2, -0.15) is 0 Å². The summed E-state index contributed by atoms with van der Waals surface area (Å²) >= 11 is 13.1. The molecule has 1 heterocycles. The number of carbonyl (C=O) groups is 1. The third-order valence-corrected chi connectivity index (χ3v) is 5.39. The molecule has 0 radical (unpaired) electrons. The van der Waals surface area contributed by atoms with Gasteiger partial charge in [0.05, 0.1) is 28.8 Å². The lowest BCUT2D eigenvalue weighted by Crippen LogP contribution is -2.27. The van der Waals surface area contributed by atoms with Gasteiger partial charge in [-0.3, -0.25) is 9.69 Å². The number of anilines is 1. The molecule has 1 amide bonds. The van der Waals surface area contributed by atoms with Crippen molar-refractivity contribution >= 4 is 57.6 Å². The van der Waals surface area contributed by atoms with Crippen LogP contribution in [0.3, 0.4) is 0 Å². The highest BCUT2D eigenvalue weighted by molar-refractivity contribution is 8.27. The van der Waals surface area contributed by atoms with Crippen LogP contribution < -0.4 is 14.4 Å². The lowest BCUT2D eigenvalue weighted by molar-refractivity contribution is -0.113. The summed E-state index contributed by atoms with van der Waals surface area (Å²) in [6.07, 6.45) is 1.74. The maximum atomic E-state index is 12.9. The van der Waals surface area contributed by atoms with Crippen molar-refractivity contribution in [1.29, 1.82) is 0 Å². The molecule has 2 aromatic rings. The Morgan fingerprint density at radius 3 is 2.37 bits per heavy atom. The number of nitrogens with zero attached hydrogens (tertiary/aromatic N) is 1. The molecule has 0 aliphatic carbocycles. The van der Waals surface area contributed by atoms with Gasteiger partial charge >= 0.3 is 0 Å². The molecule has 1 aliphatic rings. The molecule has 7 heteroatoms. The molecular formula is C20H18ClNO3S2. The predicted octanol–water partition coefficient (Wildman–Crippen LogP) is 5.54. The van der Waals surface area contributed by atoms with Gasteiger partial charge in [0, 0.05) is 6.07 Å². The minimum absolute atomic E-state index is 0.167. The SMILES string of the molecule is CCOc1cc(Cl)c(C=C2SC(=S)N(c3ccccc3)C2=O)cc1OCC. The summed E-state index contributed by atoms with van der Waals surface area (Å²) in [5, 5.41) is 0.479. The molecule has 0 bridgehead atoms. The van der Waals surface area contributed by atoms with Gasteiger partial charge in [0.15, 0.2) is 15.8 Å². The monoisotopic (exact) mass is 419 g/mol. The van der Waals surface area contributed by atoms with E-state index in [0.717, 1.165) is 5.69 Å². The van der Waals surface area contributed by atoms with Crippen LogP contribution in [0.4, 0.5) is 5.69 Å². The van der Waals surface area contributed by atoms with Crippen molar-refractivity contribution in [3.05, 3.63) is 58.0 Å². The predicted molar refractivity (Wildman–Crippen MR) is 116 cm³/mol. The first kappa shape index (κ1) is 19.7. The van der Waals surface area contributed by atoms with Crippen LogP contribution in [0.5, 0.6) is 11.5 Å². The Hall–Kier alpha value is -2.02. The normalized spacial score (nSPS) is 15.5. The molecule has 4 nitrogen and oxygen atoms in total. The van der Waals surface area contributed by atoms with Crippen LogP contribution in [-0.2, 0) is 4.79 Å². The van der Waals surface area contributed by atoms with E-state index in [1.165, 1.54) is 16.7 Å². The van der Waals surface area contributed by atoms with Crippen LogP contribution in [0.1, 0.15) is 19.4 Å². The van der Waals surface area contributed by atoms with Gasteiger partial charge in [-0.1, -0.05) is 53.8 Å². The summed E-state index contributed by atoms with van der Waals surface area (Å²) in [4.78, 5) is 14.9. The fourth-order valence-electron chi connectivity index (χ4n) is 2.61. The van der Waals surface area contributed by atoms with Crippen molar-refractivity contribution < 1.29 is 14.3 Å². The Labute approximate surface area is 173 Å². The van der Waals surface area contributed by atoms with Gasteiger partial charge in [-0.05, 0) is 43.7 Å². The molecule has 0 atom stereocenters. The Kier molecular flexibility index (Phi) is 6.42. The summed E-state index contributed by atoms with van der Waals surface area (Å²) in [6.45, 7) is 4.80. The largest absolute Gasteiger partial charge is 0.490 e. The molecular weight excluding hydrogens is 402 g/mol. The number of ether oxygens (including phenoxy) is 2. The summed E-state index contributed by atoms with van der Waals surface area (Å²) in [5.74, 6) is 1.01. The molecule has 0 aromatic heterocycles. The average Bonchev–Trinajstić information content (AvgIpc) is 2.93. The lowest BCUT2D eigenvalue weighted by Gasteiger charge is -2.14. The zero-order valence-electron chi connectivity index (χ0n) is 14.9. The number of thioether (sulfide) groups is 1. The highest BCUT2D eigenvalue weighted by atomic mass is 35.5. The summed E-state index contributed by atoms with van der Waals surface area (Å²) < 4.78 is 11.7. The zero-order valence-corrected chi connectivity index (χ0v) is 17.3. The zero-order chi connectivity index (χ0) is 19.4. The van der Waals surface area contributed by atoms with E-state index in [9.17, 15) is 4.79 Å². The van der Waals surface area contributed by atoms with E-state index in [0.29, 0.717) is 44.5 Å². The minimum atomic E-state index is -0.167. The lowest BCUT2D eigenvalue weighted by atomic mass is 10.1. The second-order valence-electron chi connectivity index (χ2n) is 5.54. The number of rotatable bonds is 6. The van der Waals surface area contributed by atoms with Gasteiger partial charge < -0.3 is 9.47 Å². The van der Waals surface area contributed by atoms with Crippen LogP contribution in [0.25, 0.3) is 6.08 Å². The van der Waals surface area contributed by atoms with E-state index in [1.807, 2.05) is 44.2 Å². The first-order chi connectivity index (χ1) is 13.0. The van der Waals surface area contributed by atoms with Crippen molar-refractivity contribution in [2.24, 2.45) is 0 Å². The number of carbonyl (C=O) groups excluding carboxylic acids is 1. The number of amides is 1. The molecule has 140 valence electrons. The van der Waals surface area contributed by atoms with Crippen LogP contribution in [0, 0.1) is 0 Å². The minimum Gasteiger partial charge on any atom is -0.490 e. The Morgan fingerprint density at radius 2 is 1.74 bits per heavy atom. The van der Waals surface area contributed by atoms with Gasteiger partial charge in [-0.15, -0.1) is 0 Å². The molecule has 1 fully saturated rings. The fraction of sp³-hybridized carbons (Fsp3) is 0.200. The van der Waals surface area contributed by atoms with E-state index >= 15 is 0 Å². The van der Waals surface area contributed by atoms with Gasteiger partial charge in [0.1, 0.15) is 0 Å². The molecule has 0 saturated carbocycles. The second kappa shape index (κ2) is 8.78. The average molecular weight is 420 g/mol. The maximum absolute atomic E-state index is 12.9. The summed E-state index contributed by atoms with van der Waals surface area (Å²) in [7, 11) is 0. The molecule has 0 unspecified atom stereocenters. The van der Waals surface area contributed by atoms with E-state index < -0.39 is 0 Å². The topological polar surface area (TPSA) is 38.8 Å². The Balaban J connectivity index is 1.96. The van der Waals surface area contributed by atoms with Crippen molar-refractivity contribution in [3.8, 4) is 11.5 Å². The fourth-order valence-corrected chi connectivity index (χ4v) is 4.10. The number of hydrogen-bond donors (Lipinski definition) is 0. The van der Waals surface area contributed by atoms with E-state index in [-0.39, 0.29) is 5.91 Å². The van der Waals surface area contributed by atoms with Crippen LogP contribution >= 0.6 is 35.6 Å². The van der Waals surface area contributed by atoms with Gasteiger partial charge in [-0.25, -0.2) is 0 Å². The van der Waals surface area contributed by atoms with Crippen LogP contribution in [0.2, 0.25) is 5.02 Å².